The summed E-state index contributed by atoms with van der Waals surface area (Å²) in [6.45, 7) is 0. The van der Waals surface area contributed by atoms with Crippen molar-refractivity contribution in [3.63, 3.8) is 0 Å². The van der Waals surface area contributed by atoms with E-state index in [-0.39, 0.29) is 10.7 Å². The van der Waals surface area contributed by atoms with Gasteiger partial charge in [0, 0.05) is 22.9 Å². The van der Waals surface area contributed by atoms with Crippen LogP contribution in [0.1, 0.15) is 5.56 Å². The Hall–Kier alpha value is -1.86. The van der Waals surface area contributed by atoms with Gasteiger partial charge in [0.25, 0.3) is 0 Å². The molecule has 1 heterocycles. The van der Waals surface area contributed by atoms with Gasteiger partial charge in [-0.3, -0.25) is 5.41 Å². The Bertz CT molecular complexity index is 740. The SMILES string of the molecule is CS(=O)(=O)c1ccc(Sc2ncccc2C(=N)N)cc1. The minimum absolute atomic E-state index is 0.0478. The first kappa shape index (κ1) is 14.5. The summed E-state index contributed by atoms with van der Waals surface area (Å²) in [6.07, 6.45) is 2.79. The second kappa shape index (κ2) is 5.64. The van der Waals surface area contributed by atoms with E-state index in [1.807, 2.05) is 0 Å². The molecule has 0 amide bonds. The van der Waals surface area contributed by atoms with Crippen molar-refractivity contribution < 1.29 is 8.42 Å². The second-order valence-electron chi connectivity index (χ2n) is 4.12. The van der Waals surface area contributed by atoms with Crippen LogP contribution in [0.5, 0.6) is 0 Å². The lowest BCUT2D eigenvalue weighted by atomic mass is 10.3. The molecule has 104 valence electrons. The minimum atomic E-state index is -3.19. The molecule has 0 atom stereocenters. The number of sulfone groups is 1. The number of rotatable bonds is 4. The molecule has 5 nitrogen and oxygen atoms in total. The first-order valence-electron chi connectivity index (χ1n) is 5.65. The van der Waals surface area contributed by atoms with Crippen LogP contribution in [0.2, 0.25) is 0 Å². The number of nitrogens with one attached hydrogen (secondary N) is 1. The summed E-state index contributed by atoms with van der Waals surface area (Å²) in [6, 6.07) is 9.96. The molecule has 20 heavy (non-hydrogen) atoms. The summed E-state index contributed by atoms with van der Waals surface area (Å²) in [4.78, 5) is 5.30. The zero-order valence-corrected chi connectivity index (χ0v) is 12.3. The van der Waals surface area contributed by atoms with Crippen molar-refractivity contribution in [1.82, 2.24) is 4.98 Å². The van der Waals surface area contributed by atoms with Crippen LogP contribution in [0.4, 0.5) is 0 Å². The minimum Gasteiger partial charge on any atom is -0.384 e. The van der Waals surface area contributed by atoms with Gasteiger partial charge in [0.2, 0.25) is 0 Å². The quantitative estimate of drug-likeness (QED) is 0.664. The van der Waals surface area contributed by atoms with Crippen LogP contribution in [0, 0.1) is 5.41 Å². The van der Waals surface area contributed by atoms with Gasteiger partial charge in [-0.25, -0.2) is 13.4 Å². The molecule has 0 saturated carbocycles. The van der Waals surface area contributed by atoms with Crippen molar-refractivity contribution in [3.8, 4) is 0 Å². The predicted octanol–water partition coefficient (Wildman–Crippen LogP) is 1.92. The van der Waals surface area contributed by atoms with E-state index in [2.05, 4.69) is 4.98 Å². The van der Waals surface area contributed by atoms with Gasteiger partial charge in [-0.1, -0.05) is 11.8 Å². The number of pyridine rings is 1. The number of nitrogens with zero attached hydrogens (tertiary/aromatic N) is 1. The number of aromatic nitrogens is 1. The number of hydrogen-bond acceptors (Lipinski definition) is 5. The Kier molecular flexibility index (Phi) is 4.10. The van der Waals surface area contributed by atoms with E-state index in [0.717, 1.165) is 4.90 Å². The number of benzene rings is 1. The third-order valence-corrected chi connectivity index (χ3v) is 4.68. The molecule has 0 fully saturated rings. The lowest BCUT2D eigenvalue weighted by Crippen LogP contribution is -2.12. The van der Waals surface area contributed by atoms with E-state index < -0.39 is 9.84 Å². The summed E-state index contributed by atoms with van der Waals surface area (Å²) in [5.74, 6) is -0.0478. The van der Waals surface area contributed by atoms with Gasteiger partial charge in [0.15, 0.2) is 9.84 Å². The highest BCUT2D eigenvalue weighted by Gasteiger charge is 2.10. The standard InChI is InChI=1S/C13H13N3O2S2/c1-20(17,18)10-6-4-9(5-7-10)19-13-11(12(14)15)3-2-8-16-13/h2-8H,1H3,(H3,14,15). The van der Waals surface area contributed by atoms with Crippen LogP contribution in [-0.2, 0) is 9.84 Å². The Morgan fingerprint density at radius 2 is 1.90 bits per heavy atom. The van der Waals surface area contributed by atoms with Crippen molar-refractivity contribution in [1.29, 1.82) is 5.41 Å². The van der Waals surface area contributed by atoms with Crippen LogP contribution in [-0.4, -0.2) is 25.5 Å². The van der Waals surface area contributed by atoms with Crippen LogP contribution < -0.4 is 5.73 Å². The topological polar surface area (TPSA) is 96.9 Å². The Morgan fingerprint density at radius 3 is 2.45 bits per heavy atom. The largest absolute Gasteiger partial charge is 0.384 e. The maximum absolute atomic E-state index is 11.4. The van der Waals surface area contributed by atoms with Crippen molar-refractivity contribution >= 4 is 27.4 Å². The average Bonchev–Trinajstić information content (AvgIpc) is 2.38. The first-order chi connectivity index (χ1) is 9.38. The molecule has 1 aromatic heterocycles. The van der Waals surface area contributed by atoms with Gasteiger partial charge in [-0.2, -0.15) is 0 Å². The van der Waals surface area contributed by atoms with Crippen molar-refractivity contribution in [2.45, 2.75) is 14.8 Å². The molecule has 0 radical (unpaired) electrons. The highest BCUT2D eigenvalue weighted by atomic mass is 32.2. The molecule has 2 rings (SSSR count). The van der Waals surface area contributed by atoms with E-state index in [1.165, 1.54) is 18.0 Å². The Balaban J connectivity index is 2.30. The van der Waals surface area contributed by atoms with E-state index in [1.54, 1.807) is 42.6 Å². The summed E-state index contributed by atoms with van der Waals surface area (Å²) < 4.78 is 22.8. The van der Waals surface area contributed by atoms with E-state index in [0.29, 0.717) is 10.6 Å². The van der Waals surface area contributed by atoms with Gasteiger partial charge >= 0.3 is 0 Å². The lowest BCUT2D eigenvalue weighted by molar-refractivity contribution is 0.602. The zero-order chi connectivity index (χ0) is 14.8. The fraction of sp³-hybridized carbons (Fsp3) is 0.0769. The maximum Gasteiger partial charge on any atom is 0.175 e. The number of nitrogen functional groups attached to an aromatic ring is 1. The Labute approximate surface area is 121 Å². The van der Waals surface area contributed by atoms with E-state index in [9.17, 15) is 8.42 Å². The molecule has 0 aliphatic heterocycles. The molecule has 0 aliphatic rings. The van der Waals surface area contributed by atoms with Crippen LogP contribution in [0.3, 0.4) is 0 Å². The van der Waals surface area contributed by atoms with E-state index >= 15 is 0 Å². The molecule has 3 N–H and O–H groups in total. The molecule has 0 spiro atoms. The normalized spacial score (nSPS) is 11.2. The zero-order valence-electron chi connectivity index (χ0n) is 10.7. The average molecular weight is 307 g/mol. The molecule has 0 saturated heterocycles. The molecule has 7 heteroatoms. The van der Waals surface area contributed by atoms with Gasteiger partial charge in [0.1, 0.15) is 10.9 Å². The molecule has 2 aromatic rings. The third-order valence-electron chi connectivity index (χ3n) is 2.53. The van der Waals surface area contributed by atoms with Gasteiger partial charge in [0.05, 0.1) is 4.90 Å². The van der Waals surface area contributed by atoms with E-state index in [4.69, 9.17) is 11.1 Å². The summed E-state index contributed by atoms with van der Waals surface area (Å²) in [5.41, 5.74) is 6.06. The highest BCUT2D eigenvalue weighted by molar-refractivity contribution is 7.99. The van der Waals surface area contributed by atoms with Crippen LogP contribution in [0.15, 0.2) is 57.4 Å². The number of nitrogens with two attached hydrogens (primary N) is 1. The second-order valence-corrected chi connectivity index (χ2v) is 7.19. The van der Waals surface area contributed by atoms with Crippen LogP contribution in [0.25, 0.3) is 0 Å². The highest BCUT2D eigenvalue weighted by Crippen LogP contribution is 2.29. The van der Waals surface area contributed by atoms with Crippen molar-refractivity contribution in [2.24, 2.45) is 5.73 Å². The molecule has 0 unspecified atom stereocenters. The summed E-state index contributed by atoms with van der Waals surface area (Å²) in [5, 5.41) is 8.12. The van der Waals surface area contributed by atoms with Crippen molar-refractivity contribution in [3.05, 3.63) is 48.2 Å². The lowest BCUT2D eigenvalue weighted by Gasteiger charge is -2.06. The number of hydrogen-bond donors (Lipinski definition) is 2. The molecular formula is C13H13N3O2S2. The number of amidine groups is 1. The van der Waals surface area contributed by atoms with Gasteiger partial charge in [-0.05, 0) is 36.4 Å². The predicted molar refractivity (Wildman–Crippen MR) is 78.9 cm³/mol. The fourth-order valence-electron chi connectivity index (χ4n) is 1.54. The molecule has 0 aliphatic carbocycles. The van der Waals surface area contributed by atoms with Crippen molar-refractivity contribution in [2.75, 3.05) is 6.26 Å². The molecule has 0 bridgehead atoms. The van der Waals surface area contributed by atoms with Gasteiger partial charge in [-0.15, -0.1) is 0 Å². The maximum atomic E-state index is 11.4. The van der Waals surface area contributed by atoms with Gasteiger partial charge < -0.3 is 5.73 Å². The summed E-state index contributed by atoms with van der Waals surface area (Å²) in [7, 11) is -3.19. The smallest absolute Gasteiger partial charge is 0.175 e. The third kappa shape index (κ3) is 3.37. The first-order valence-corrected chi connectivity index (χ1v) is 8.36. The molecule has 1 aromatic carbocycles. The summed E-state index contributed by atoms with van der Waals surface area (Å²) >= 11 is 1.34. The molecular weight excluding hydrogens is 294 g/mol. The Morgan fingerprint density at radius 1 is 1.25 bits per heavy atom. The fourth-order valence-corrected chi connectivity index (χ4v) is 3.07. The van der Waals surface area contributed by atoms with Crippen LogP contribution >= 0.6 is 11.8 Å². The monoisotopic (exact) mass is 307 g/mol.